The number of hydrogen-bond donors (Lipinski definition) is 1. The molecular formula is C13H18FNO2. The summed E-state index contributed by atoms with van der Waals surface area (Å²) >= 11 is 0. The fourth-order valence-corrected chi connectivity index (χ4v) is 1.66. The van der Waals surface area contributed by atoms with E-state index in [1.807, 2.05) is 0 Å². The van der Waals surface area contributed by atoms with E-state index in [0.717, 1.165) is 5.56 Å². The van der Waals surface area contributed by atoms with Gasteiger partial charge in [-0.05, 0) is 32.9 Å². The molecule has 1 amide bonds. The summed E-state index contributed by atoms with van der Waals surface area (Å²) in [6.07, 6.45) is 0. The van der Waals surface area contributed by atoms with Crippen LogP contribution in [-0.4, -0.2) is 35.1 Å². The molecule has 0 heterocycles. The number of benzene rings is 1. The van der Waals surface area contributed by atoms with Crippen molar-refractivity contribution in [3.63, 3.8) is 0 Å². The molecule has 1 rings (SSSR count). The van der Waals surface area contributed by atoms with Crippen molar-refractivity contribution in [1.82, 2.24) is 4.90 Å². The van der Waals surface area contributed by atoms with E-state index in [1.165, 1.54) is 17.0 Å². The highest BCUT2D eigenvalue weighted by atomic mass is 19.1. The number of halogens is 1. The lowest BCUT2D eigenvalue weighted by Gasteiger charge is -2.25. The summed E-state index contributed by atoms with van der Waals surface area (Å²) in [4.78, 5) is 13.3. The Kier molecular flexibility index (Phi) is 3.88. The molecule has 0 radical (unpaired) electrons. The first-order valence-electron chi connectivity index (χ1n) is 5.45. The molecule has 0 aliphatic rings. The average molecular weight is 239 g/mol. The summed E-state index contributed by atoms with van der Waals surface area (Å²) in [6, 6.07) is 4.40. The third-order valence-electron chi connectivity index (χ3n) is 2.32. The Morgan fingerprint density at radius 2 is 2.06 bits per heavy atom. The van der Waals surface area contributed by atoms with Crippen LogP contribution < -0.4 is 0 Å². The van der Waals surface area contributed by atoms with Crippen molar-refractivity contribution in [2.75, 3.05) is 13.6 Å². The molecule has 0 fully saturated rings. The molecule has 0 atom stereocenters. The van der Waals surface area contributed by atoms with Crippen LogP contribution in [0.3, 0.4) is 0 Å². The number of likely N-dealkylation sites (N-methyl/N-ethyl adjacent to an activating group) is 1. The van der Waals surface area contributed by atoms with Crippen LogP contribution in [0.5, 0.6) is 0 Å². The standard InChI is InChI=1S/C13H18FNO2/c1-9-5-6-11(14)10(7-9)12(16)15(4)8-13(2,3)17/h5-7,17H,8H2,1-4H3. The summed E-state index contributed by atoms with van der Waals surface area (Å²) in [5.41, 5.74) is -0.131. The molecule has 4 heteroatoms. The summed E-state index contributed by atoms with van der Waals surface area (Å²) in [7, 11) is 1.54. The highest BCUT2D eigenvalue weighted by Gasteiger charge is 2.22. The Hall–Kier alpha value is -1.42. The van der Waals surface area contributed by atoms with Crippen molar-refractivity contribution in [3.05, 3.63) is 35.1 Å². The largest absolute Gasteiger partial charge is 0.389 e. The van der Waals surface area contributed by atoms with Gasteiger partial charge in [0.25, 0.3) is 5.91 Å². The van der Waals surface area contributed by atoms with Gasteiger partial charge in [0.05, 0.1) is 11.2 Å². The number of amides is 1. The second-order valence-corrected chi connectivity index (χ2v) is 4.96. The molecule has 0 saturated carbocycles. The highest BCUT2D eigenvalue weighted by Crippen LogP contribution is 2.13. The molecule has 94 valence electrons. The van der Waals surface area contributed by atoms with Crippen LogP contribution in [-0.2, 0) is 0 Å². The maximum Gasteiger partial charge on any atom is 0.256 e. The van der Waals surface area contributed by atoms with E-state index in [1.54, 1.807) is 33.9 Å². The molecule has 17 heavy (non-hydrogen) atoms. The Balaban J connectivity index is 2.93. The summed E-state index contributed by atoms with van der Waals surface area (Å²) in [6.45, 7) is 5.15. The number of carbonyl (C=O) groups excluding carboxylic acids is 1. The number of aliphatic hydroxyl groups is 1. The molecule has 0 saturated heterocycles. The van der Waals surface area contributed by atoms with Gasteiger partial charge in [-0.2, -0.15) is 0 Å². The zero-order valence-corrected chi connectivity index (χ0v) is 10.6. The lowest BCUT2D eigenvalue weighted by molar-refractivity contribution is 0.0365. The van der Waals surface area contributed by atoms with Gasteiger partial charge in [-0.1, -0.05) is 11.6 Å². The van der Waals surface area contributed by atoms with Crippen molar-refractivity contribution < 1.29 is 14.3 Å². The van der Waals surface area contributed by atoms with E-state index in [9.17, 15) is 14.3 Å². The van der Waals surface area contributed by atoms with Gasteiger partial charge in [-0.3, -0.25) is 4.79 Å². The van der Waals surface area contributed by atoms with Crippen LogP contribution in [0.4, 0.5) is 4.39 Å². The van der Waals surface area contributed by atoms with E-state index < -0.39 is 17.3 Å². The maximum atomic E-state index is 13.5. The Morgan fingerprint density at radius 1 is 1.47 bits per heavy atom. The third kappa shape index (κ3) is 3.82. The van der Waals surface area contributed by atoms with Crippen LogP contribution in [0, 0.1) is 12.7 Å². The number of hydrogen-bond acceptors (Lipinski definition) is 2. The van der Waals surface area contributed by atoms with Crippen molar-refractivity contribution in [1.29, 1.82) is 0 Å². The molecule has 1 aromatic rings. The van der Waals surface area contributed by atoms with Crippen molar-refractivity contribution in [2.24, 2.45) is 0 Å². The third-order valence-corrected chi connectivity index (χ3v) is 2.32. The van der Waals surface area contributed by atoms with Crippen molar-refractivity contribution in [2.45, 2.75) is 26.4 Å². The fourth-order valence-electron chi connectivity index (χ4n) is 1.66. The minimum absolute atomic E-state index is 0.0387. The molecule has 0 aliphatic heterocycles. The minimum Gasteiger partial charge on any atom is -0.389 e. The highest BCUT2D eigenvalue weighted by molar-refractivity contribution is 5.94. The number of aryl methyl sites for hydroxylation is 1. The fraction of sp³-hybridized carbons (Fsp3) is 0.462. The van der Waals surface area contributed by atoms with Gasteiger partial charge in [0.15, 0.2) is 0 Å². The van der Waals surface area contributed by atoms with Crippen LogP contribution in [0.2, 0.25) is 0 Å². The van der Waals surface area contributed by atoms with Crippen LogP contribution in [0.25, 0.3) is 0 Å². The second-order valence-electron chi connectivity index (χ2n) is 4.96. The van der Waals surface area contributed by atoms with Crippen molar-refractivity contribution in [3.8, 4) is 0 Å². The Labute approximate surface area is 101 Å². The summed E-state index contributed by atoms with van der Waals surface area (Å²) in [5.74, 6) is -0.962. The second kappa shape index (κ2) is 4.84. The van der Waals surface area contributed by atoms with Gasteiger partial charge in [0, 0.05) is 13.6 Å². The minimum atomic E-state index is -0.995. The quantitative estimate of drug-likeness (QED) is 0.876. The average Bonchev–Trinajstić information content (AvgIpc) is 2.18. The van der Waals surface area contributed by atoms with E-state index in [-0.39, 0.29) is 12.1 Å². The van der Waals surface area contributed by atoms with Gasteiger partial charge in [-0.15, -0.1) is 0 Å². The number of nitrogens with zero attached hydrogens (tertiary/aromatic N) is 1. The number of rotatable bonds is 3. The first-order valence-corrected chi connectivity index (χ1v) is 5.45. The predicted octanol–water partition coefficient (Wildman–Crippen LogP) is 1.98. The van der Waals surface area contributed by atoms with E-state index >= 15 is 0 Å². The Bertz CT molecular complexity index is 424. The molecular weight excluding hydrogens is 221 g/mol. The van der Waals surface area contributed by atoms with Gasteiger partial charge in [0.2, 0.25) is 0 Å². The summed E-state index contributed by atoms with van der Waals surface area (Å²) < 4.78 is 13.5. The van der Waals surface area contributed by atoms with E-state index in [0.29, 0.717) is 0 Å². The molecule has 1 N–H and O–H groups in total. The zero-order chi connectivity index (χ0) is 13.2. The molecule has 3 nitrogen and oxygen atoms in total. The van der Waals surface area contributed by atoms with Crippen LogP contribution >= 0.6 is 0 Å². The normalized spacial score (nSPS) is 11.4. The summed E-state index contributed by atoms with van der Waals surface area (Å²) in [5, 5.41) is 9.62. The first kappa shape index (κ1) is 13.6. The predicted molar refractivity (Wildman–Crippen MR) is 64.4 cm³/mol. The number of carbonyl (C=O) groups is 1. The molecule has 0 spiro atoms. The molecule has 0 bridgehead atoms. The van der Waals surface area contributed by atoms with Gasteiger partial charge in [0.1, 0.15) is 5.82 Å². The first-order chi connectivity index (χ1) is 7.70. The maximum absolute atomic E-state index is 13.5. The van der Waals surface area contributed by atoms with Gasteiger partial charge in [-0.25, -0.2) is 4.39 Å². The van der Waals surface area contributed by atoms with Crippen molar-refractivity contribution >= 4 is 5.91 Å². The molecule has 1 aromatic carbocycles. The van der Waals surface area contributed by atoms with Gasteiger partial charge >= 0.3 is 0 Å². The monoisotopic (exact) mass is 239 g/mol. The molecule has 0 aliphatic carbocycles. The van der Waals surface area contributed by atoms with Crippen LogP contribution in [0.15, 0.2) is 18.2 Å². The molecule has 0 aromatic heterocycles. The molecule has 0 unspecified atom stereocenters. The topological polar surface area (TPSA) is 40.5 Å². The van der Waals surface area contributed by atoms with Gasteiger partial charge < -0.3 is 10.0 Å². The van der Waals surface area contributed by atoms with E-state index in [2.05, 4.69) is 0 Å². The van der Waals surface area contributed by atoms with Crippen LogP contribution in [0.1, 0.15) is 29.8 Å². The smallest absolute Gasteiger partial charge is 0.256 e. The lowest BCUT2D eigenvalue weighted by atomic mass is 10.1. The SMILES string of the molecule is Cc1ccc(F)c(C(=O)N(C)CC(C)(C)O)c1. The van der Waals surface area contributed by atoms with E-state index in [4.69, 9.17) is 0 Å². The lowest BCUT2D eigenvalue weighted by Crippen LogP contribution is -2.40. The zero-order valence-electron chi connectivity index (χ0n) is 10.6. The Morgan fingerprint density at radius 3 is 2.59 bits per heavy atom.